The van der Waals surface area contributed by atoms with Gasteiger partial charge >= 0.3 is 5.97 Å². The second kappa shape index (κ2) is 8.24. The molecule has 7 nitrogen and oxygen atoms in total. The van der Waals surface area contributed by atoms with Crippen molar-refractivity contribution in [1.82, 2.24) is 0 Å². The first-order chi connectivity index (χ1) is 13.3. The van der Waals surface area contributed by atoms with Gasteiger partial charge in [0.1, 0.15) is 0 Å². The minimum absolute atomic E-state index is 0.00578. The molecule has 3 rings (SSSR count). The molecule has 0 radical (unpaired) electrons. The Morgan fingerprint density at radius 2 is 1.93 bits per heavy atom. The van der Waals surface area contributed by atoms with E-state index in [9.17, 15) is 18.3 Å². The van der Waals surface area contributed by atoms with Gasteiger partial charge in [0.05, 0.1) is 5.75 Å². The van der Waals surface area contributed by atoms with Crippen LogP contribution < -0.4 is 9.46 Å². The molecular formula is C19H18BrNO6S. The lowest BCUT2D eigenvalue weighted by molar-refractivity contribution is -0.131. The quantitative estimate of drug-likeness (QED) is 0.397. The number of furan rings is 1. The Morgan fingerprint density at radius 3 is 2.64 bits per heavy atom. The van der Waals surface area contributed by atoms with E-state index in [1.165, 1.54) is 0 Å². The fraction of sp³-hybridized carbons (Fsp3) is 0.211. The van der Waals surface area contributed by atoms with E-state index >= 15 is 0 Å². The topological polar surface area (TPSA) is 106 Å². The number of hydrogen-bond acceptors (Lipinski definition) is 6. The van der Waals surface area contributed by atoms with Crippen LogP contribution >= 0.6 is 15.9 Å². The summed E-state index contributed by atoms with van der Waals surface area (Å²) in [5.74, 6) is -2.04. The van der Waals surface area contributed by atoms with Gasteiger partial charge < -0.3 is 14.3 Å². The third-order valence-electron chi connectivity index (χ3n) is 3.92. The van der Waals surface area contributed by atoms with E-state index in [2.05, 4.69) is 20.7 Å². The Balaban J connectivity index is 2.13. The molecule has 0 atom stereocenters. The van der Waals surface area contributed by atoms with Gasteiger partial charge in [0, 0.05) is 17.8 Å². The molecule has 3 aromatic rings. The van der Waals surface area contributed by atoms with Crippen LogP contribution in [0.2, 0.25) is 0 Å². The van der Waals surface area contributed by atoms with Gasteiger partial charge in [-0.25, -0.2) is 13.1 Å². The van der Waals surface area contributed by atoms with Crippen molar-refractivity contribution in [1.29, 1.82) is 0 Å². The normalized spacial score (nSPS) is 11.5. The number of alkyl halides is 1. The number of carbonyl (C=O) groups excluding carboxylic acids is 1. The molecule has 0 aliphatic rings. The third kappa shape index (κ3) is 4.31. The van der Waals surface area contributed by atoms with Gasteiger partial charge in [-0.2, -0.15) is 0 Å². The van der Waals surface area contributed by atoms with Gasteiger partial charge in [-0.3, -0.25) is 4.79 Å². The van der Waals surface area contributed by atoms with E-state index in [-0.39, 0.29) is 23.1 Å². The Labute approximate surface area is 170 Å². The zero-order chi connectivity index (χ0) is 20.3. The van der Waals surface area contributed by atoms with Crippen molar-refractivity contribution in [2.24, 2.45) is 0 Å². The maximum Gasteiger partial charge on any atom is 0.308 e. The van der Waals surface area contributed by atoms with E-state index in [1.54, 1.807) is 12.1 Å². The molecule has 0 fully saturated rings. The maximum absolute atomic E-state index is 12.3. The Morgan fingerprint density at radius 1 is 1.21 bits per heavy atom. The van der Waals surface area contributed by atoms with E-state index < -0.39 is 21.7 Å². The number of anilines is 1. The van der Waals surface area contributed by atoms with Crippen LogP contribution in [-0.2, 0) is 14.8 Å². The number of nitrogens with one attached hydrogen (secondary N) is 1. The van der Waals surface area contributed by atoms with E-state index in [4.69, 9.17) is 9.15 Å². The summed E-state index contributed by atoms with van der Waals surface area (Å²) in [5, 5.41) is 12.8. The lowest BCUT2D eigenvalue weighted by Gasteiger charge is -2.06. The molecule has 148 valence electrons. The highest BCUT2D eigenvalue weighted by atomic mass is 79.9. The summed E-state index contributed by atoms with van der Waals surface area (Å²) in [4.78, 5) is 11.5. The number of halogens is 1. The Bertz CT molecular complexity index is 1120. The zero-order valence-electron chi connectivity index (χ0n) is 14.9. The molecular weight excluding hydrogens is 450 g/mol. The first-order valence-corrected chi connectivity index (χ1v) is 11.2. The van der Waals surface area contributed by atoms with Crippen molar-refractivity contribution in [3.8, 4) is 22.8 Å². The molecule has 28 heavy (non-hydrogen) atoms. The van der Waals surface area contributed by atoms with Crippen molar-refractivity contribution in [3.05, 3.63) is 42.5 Å². The summed E-state index contributed by atoms with van der Waals surface area (Å²) in [6.07, 6.45) is 0.376. The largest absolute Gasteiger partial charge is 0.502 e. The number of sulfonamides is 1. The van der Waals surface area contributed by atoms with Crippen LogP contribution in [0.1, 0.15) is 13.3 Å². The maximum atomic E-state index is 12.3. The molecule has 1 aromatic heterocycles. The van der Waals surface area contributed by atoms with E-state index in [0.29, 0.717) is 17.3 Å². The van der Waals surface area contributed by atoms with Crippen LogP contribution in [0.5, 0.6) is 11.5 Å². The number of rotatable bonds is 7. The molecule has 9 heteroatoms. The molecule has 0 spiro atoms. The van der Waals surface area contributed by atoms with Crippen LogP contribution in [-0.4, -0.2) is 30.6 Å². The predicted molar refractivity (Wildman–Crippen MR) is 110 cm³/mol. The number of esters is 1. The van der Waals surface area contributed by atoms with Crippen molar-refractivity contribution in [2.45, 2.75) is 13.3 Å². The van der Waals surface area contributed by atoms with Crippen molar-refractivity contribution in [3.63, 3.8) is 0 Å². The molecule has 2 N–H and O–H groups in total. The van der Waals surface area contributed by atoms with Gasteiger partial charge in [0.2, 0.25) is 21.5 Å². The van der Waals surface area contributed by atoms with Gasteiger partial charge in [-0.1, -0.05) is 58.4 Å². The summed E-state index contributed by atoms with van der Waals surface area (Å²) in [6.45, 7) is 1.15. The molecule has 1 heterocycles. The van der Waals surface area contributed by atoms with E-state index in [0.717, 1.165) is 17.7 Å². The number of aromatic hydroxyl groups is 1. The number of benzene rings is 2. The predicted octanol–water partition coefficient (Wildman–Crippen LogP) is 4.26. The highest BCUT2D eigenvalue weighted by Gasteiger charge is 2.27. The molecule has 2 aromatic carbocycles. The smallest absolute Gasteiger partial charge is 0.308 e. The van der Waals surface area contributed by atoms with Gasteiger partial charge in [0.25, 0.3) is 5.88 Å². The van der Waals surface area contributed by atoms with Crippen LogP contribution in [0.15, 0.2) is 46.9 Å². The Kier molecular flexibility index (Phi) is 5.95. The average Bonchev–Trinajstić information content (AvgIpc) is 2.94. The molecule has 0 saturated heterocycles. The lowest BCUT2D eigenvalue weighted by atomic mass is 10.0. The summed E-state index contributed by atoms with van der Waals surface area (Å²) < 4.78 is 37.4. The average molecular weight is 468 g/mol. The van der Waals surface area contributed by atoms with Gasteiger partial charge in [-0.15, -0.1) is 0 Å². The van der Waals surface area contributed by atoms with E-state index in [1.807, 2.05) is 30.3 Å². The number of hydrogen-bond donors (Lipinski definition) is 2. The molecule has 0 aliphatic heterocycles. The monoisotopic (exact) mass is 467 g/mol. The summed E-state index contributed by atoms with van der Waals surface area (Å²) in [7, 11) is -3.76. The third-order valence-corrected chi connectivity index (χ3v) is 5.80. The summed E-state index contributed by atoms with van der Waals surface area (Å²) in [6, 6.07) is 12.9. The molecule has 0 unspecified atom stereocenters. The second-order valence-electron chi connectivity index (χ2n) is 6.02. The van der Waals surface area contributed by atoms with Crippen molar-refractivity contribution >= 4 is 48.6 Å². The standard InChI is InChI=1S/C19H18BrNO6S/c1-12(22)26-18-16(23)17(27-19(18)21-28(24,25)11-5-10-20)15-9-4-7-13-6-2-3-8-14(13)15/h2-4,6-9,21,23H,5,10-11H2,1H3. The highest BCUT2D eigenvalue weighted by molar-refractivity contribution is 9.09. The van der Waals surface area contributed by atoms with Crippen LogP contribution in [0, 0.1) is 0 Å². The number of ether oxygens (including phenoxy) is 1. The first kappa shape index (κ1) is 20.2. The fourth-order valence-electron chi connectivity index (χ4n) is 2.76. The number of fused-ring (bicyclic) bond motifs is 1. The zero-order valence-corrected chi connectivity index (χ0v) is 17.3. The minimum atomic E-state index is -3.76. The van der Waals surface area contributed by atoms with Crippen LogP contribution in [0.25, 0.3) is 22.1 Å². The van der Waals surface area contributed by atoms with Crippen molar-refractivity contribution in [2.75, 3.05) is 15.8 Å². The highest BCUT2D eigenvalue weighted by Crippen LogP contribution is 2.48. The molecule has 0 saturated carbocycles. The fourth-order valence-corrected chi connectivity index (χ4v) is 4.45. The lowest BCUT2D eigenvalue weighted by Crippen LogP contribution is -2.17. The van der Waals surface area contributed by atoms with Crippen LogP contribution in [0.4, 0.5) is 5.88 Å². The Hall–Kier alpha value is -2.52. The number of carbonyl (C=O) groups is 1. The molecule has 0 bridgehead atoms. The summed E-state index contributed by atoms with van der Waals surface area (Å²) >= 11 is 3.18. The van der Waals surface area contributed by atoms with Gasteiger partial charge in [-0.05, 0) is 17.2 Å². The first-order valence-electron chi connectivity index (χ1n) is 8.41. The minimum Gasteiger partial charge on any atom is -0.502 e. The summed E-state index contributed by atoms with van der Waals surface area (Å²) in [5.41, 5.74) is 0.537. The molecule has 0 aliphatic carbocycles. The van der Waals surface area contributed by atoms with Crippen molar-refractivity contribution < 1.29 is 27.5 Å². The van der Waals surface area contributed by atoms with Gasteiger partial charge in [0.15, 0.2) is 5.76 Å². The second-order valence-corrected chi connectivity index (χ2v) is 8.66. The molecule has 0 amide bonds. The van der Waals surface area contributed by atoms with Crippen LogP contribution in [0.3, 0.4) is 0 Å². The SMILES string of the molecule is CC(=O)Oc1c(NS(=O)(=O)CCCBr)oc(-c2cccc3ccccc23)c1O.